The molecule has 1 aliphatic rings. The van der Waals surface area contributed by atoms with Crippen LogP contribution < -0.4 is 10.6 Å². The van der Waals surface area contributed by atoms with E-state index in [0.717, 1.165) is 31.0 Å². The minimum Gasteiger partial charge on any atom is -0.409 e. The molecular formula is C12H17N3O2. The largest absolute Gasteiger partial charge is 0.409 e. The van der Waals surface area contributed by atoms with Gasteiger partial charge in [0.15, 0.2) is 5.84 Å². The number of oxime groups is 1. The van der Waals surface area contributed by atoms with Gasteiger partial charge in [-0.1, -0.05) is 5.16 Å². The third-order valence-corrected chi connectivity index (χ3v) is 2.97. The van der Waals surface area contributed by atoms with Gasteiger partial charge in [0.1, 0.15) is 0 Å². The Morgan fingerprint density at radius 3 is 2.76 bits per heavy atom. The van der Waals surface area contributed by atoms with Gasteiger partial charge in [-0.2, -0.15) is 0 Å². The fourth-order valence-electron chi connectivity index (χ4n) is 1.99. The molecule has 1 fully saturated rings. The maximum absolute atomic E-state index is 8.58. The van der Waals surface area contributed by atoms with Crippen LogP contribution >= 0.6 is 0 Å². The topological polar surface area (TPSA) is 71.1 Å². The molecule has 0 aromatic heterocycles. The Balaban J connectivity index is 2.17. The second-order valence-corrected chi connectivity index (χ2v) is 4.15. The van der Waals surface area contributed by atoms with Crippen molar-refractivity contribution in [2.45, 2.75) is 13.0 Å². The maximum Gasteiger partial charge on any atom is 0.170 e. The number of anilines is 1. The second kappa shape index (κ2) is 5.05. The molecule has 0 spiro atoms. The number of nitrogens with two attached hydrogens (primary N) is 1. The van der Waals surface area contributed by atoms with Crippen molar-refractivity contribution in [1.29, 1.82) is 0 Å². The fourth-order valence-corrected chi connectivity index (χ4v) is 1.99. The first kappa shape index (κ1) is 11.7. The summed E-state index contributed by atoms with van der Waals surface area (Å²) >= 11 is 0. The van der Waals surface area contributed by atoms with Gasteiger partial charge in [-0.25, -0.2) is 0 Å². The van der Waals surface area contributed by atoms with Gasteiger partial charge in [-0.05, 0) is 31.2 Å². The van der Waals surface area contributed by atoms with E-state index in [1.165, 1.54) is 0 Å². The number of hydrogen-bond donors (Lipinski definition) is 2. The van der Waals surface area contributed by atoms with E-state index in [9.17, 15) is 0 Å². The summed E-state index contributed by atoms with van der Waals surface area (Å²) in [6.45, 7) is 4.54. The molecule has 5 heteroatoms. The minimum absolute atomic E-state index is 0.131. The van der Waals surface area contributed by atoms with Crippen LogP contribution in [0.1, 0.15) is 12.5 Å². The fraction of sp³-hybridized carbons (Fsp3) is 0.417. The van der Waals surface area contributed by atoms with E-state index in [0.29, 0.717) is 6.04 Å². The van der Waals surface area contributed by atoms with Gasteiger partial charge >= 0.3 is 0 Å². The van der Waals surface area contributed by atoms with Gasteiger partial charge in [0.2, 0.25) is 0 Å². The number of rotatable bonds is 2. The lowest BCUT2D eigenvalue weighted by Crippen LogP contribution is -2.43. The van der Waals surface area contributed by atoms with Crippen molar-refractivity contribution in [1.82, 2.24) is 0 Å². The van der Waals surface area contributed by atoms with Crippen LogP contribution in [-0.4, -0.2) is 36.8 Å². The Bertz CT molecular complexity index is 403. The van der Waals surface area contributed by atoms with Gasteiger partial charge in [-0.15, -0.1) is 0 Å². The second-order valence-electron chi connectivity index (χ2n) is 4.15. The average molecular weight is 235 g/mol. The number of hydrogen-bond acceptors (Lipinski definition) is 4. The first-order valence-corrected chi connectivity index (χ1v) is 5.64. The highest BCUT2D eigenvalue weighted by Crippen LogP contribution is 2.20. The van der Waals surface area contributed by atoms with Crippen LogP contribution in [0, 0.1) is 0 Å². The summed E-state index contributed by atoms with van der Waals surface area (Å²) in [4.78, 5) is 2.29. The lowest BCUT2D eigenvalue weighted by atomic mass is 10.1. The summed E-state index contributed by atoms with van der Waals surface area (Å²) in [6.07, 6.45) is 0. The van der Waals surface area contributed by atoms with Gasteiger partial charge in [0.25, 0.3) is 0 Å². The Labute approximate surface area is 100 Å². The van der Waals surface area contributed by atoms with E-state index < -0.39 is 0 Å². The molecule has 0 amide bonds. The highest BCUT2D eigenvalue weighted by molar-refractivity contribution is 5.97. The molecule has 5 nitrogen and oxygen atoms in total. The highest BCUT2D eigenvalue weighted by atomic mass is 16.5. The first-order valence-electron chi connectivity index (χ1n) is 5.64. The predicted molar refractivity (Wildman–Crippen MR) is 66.6 cm³/mol. The number of amidine groups is 1. The molecule has 1 atom stereocenters. The maximum atomic E-state index is 8.58. The van der Waals surface area contributed by atoms with Crippen LogP contribution in [0.3, 0.4) is 0 Å². The summed E-state index contributed by atoms with van der Waals surface area (Å²) < 4.78 is 5.40. The zero-order chi connectivity index (χ0) is 12.3. The van der Waals surface area contributed by atoms with Gasteiger partial charge < -0.3 is 20.6 Å². The van der Waals surface area contributed by atoms with Crippen LogP contribution in [-0.2, 0) is 4.74 Å². The molecule has 1 aromatic carbocycles. The lowest BCUT2D eigenvalue weighted by Gasteiger charge is -2.35. The first-order chi connectivity index (χ1) is 8.22. The molecular weight excluding hydrogens is 218 g/mol. The highest BCUT2D eigenvalue weighted by Gasteiger charge is 2.18. The summed E-state index contributed by atoms with van der Waals surface area (Å²) in [5, 5.41) is 11.6. The van der Waals surface area contributed by atoms with E-state index in [4.69, 9.17) is 15.7 Å². The summed E-state index contributed by atoms with van der Waals surface area (Å²) in [5.41, 5.74) is 7.37. The number of morpholine rings is 1. The van der Waals surface area contributed by atoms with Crippen molar-refractivity contribution >= 4 is 11.5 Å². The molecule has 1 aliphatic heterocycles. The van der Waals surface area contributed by atoms with Crippen LogP contribution in [0.5, 0.6) is 0 Å². The molecule has 1 aromatic rings. The van der Waals surface area contributed by atoms with E-state index >= 15 is 0 Å². The summed E-state index contributed by atoms with van der Waals surface area (Å²) in [7, 11) is 0. The zero-order valence-corrected chi connectivity index (χ0v) is 9.84. The van der Waals surface area contributed by atoms with Crippen molar-refractivity contribution in [2.75, 3.05) is 24.7 Å². The van der Waals surface area contributed by atoms with Crippen molar-refractivity contribution in [2.24, 2.45) is 10.9 Å². The Morgan fingerprint density at radius 1 is 1.47 bits per heavy atom. The van der Waals surface area contributed by atoms with E-state index in [-0.39, 0.29) is 5.84 Å². The molecule has 92 valence electrons. The van der Waals surface area contributed by atoms with Crippen LogP contribution in [0.25, 0.3) is 0 Å². The molecule has 3 N–H and O–H groups in total. The van der Waals surface area contributed by atoms with Crippen molar-refractivity contribution in [3.05, 3.63) is 29.8 Å². The lowest BCUT2D eigenvalue weighted by molar-refractivity contribution is 0.0989. The van der Waals surface area contributed by atoms with E-state index in [2.05, 4.69) is 17.0 Å². The Kier molecular flexibility index (Phi) is 3.49. The van der Waals surface area contributed by atoms with Gasteiger partial charge in [0.05, 0.1) is 13.2 Å². The number of nitrogens with zero attached hydrogens (tertiary/aromatic N) is 2. The van der Waals surface area contributed by atoms with E-state index in [1.54, 1.807) is 0 Å². The Hall–Kier alpha value is -1.75. The molecule has 1 saturated heterocycles. The standard InChI is InChI=1S/C12H17N3O2/c1-9-8-17-7-6-15(9)11-4-2-10(3-5-11)12(13)14-16/h2-5,9,16H,6-8H2,1H3,(H2,13,14). The molecule has 17 heavy (non-hydrogen) atoms. The molecule has 2 rings (SSSR count). The molecule has 0 bridgehead atoms. The van der Waals surface area contributed by atoms with Gasteiger partial charge in [0, 0.05) is 23.8 Å². The predicted octanol–water partition coefficient (Wildman–Crippen LogP) is 1.01. The smallest absolute Gasteiger partial charge is 0.170 e. The molecule has 0 saturated carbocycles. The monoisotopic (exact) mass is 235 g/mol. The number of benzene rings is 1. The quantitative estimate of drug-likeness (QED) is 0.347. The van der Waals surface area contributed by atoms with Crippen molar-refractivity contribution in [3.63, 3.8) is 0 Å². The van der Waals surface area contributed by atoms with E-state index in [1.807, 2.05) is 24.3 Å². The molecule has 1 heterocycles. The van der Waals surface area contributed by atoms with Crippen molar-refractivity contribution < 1.29 is 9.94 Å². The molecule has 1 unspecified atom stereocenters. The normalized spacial score (nSPS) is 21.6. The SMILES string of the molecule is CC1COCCN1c1ccc(/C(N)=N/O)cc1. The average Bonchev–Trinajstić information content (AvgIpc) is 2.39. The summed E-state index contributed by atoms with van der Waals surface area (Å²) in [5.74, 6) is 0.131. The minimum atomic E-state index is 0.131. The summed E-state index contributed by atoms with van der Waals surface area (Å²) in [6, 6.07) is 8.04. The van der Waals surface area contributed by atoms with Crippen LogP contribution in [0.2, 0.25) is 0 Å². The van der Waals surface area contributed by atoms with Crippen LogP contribution in [0.4, 0.5) is 5.69 Å². The zero-order valence-electron chi connectivity index (χ0n) is 9.84. The molecule has 0 aliphatic carbocycles. The van der Waals surface area contributed by atoms with Crippen LogP contribution in [0.15, 0.2) is 29.4 Å². The van der Waals surface area contributed by atoms with Gasteiger partial charge in [-0.3, -0.25) is 0 Å². The Morgan fingerprint density at radius 2 is 2.18 bits per heavy atom. The third kappa shape index (κ3) is 2.50. The third-order valence-electron chi connectivity index (χ3n) is 2.97. The molecule has 0 radical (unpaired) electrons. The van der Waals surface area contributed by atoms with Crippen molar-refractivity contribution in [3.8, 4) is 0 Å². The number of ether oxygens (including phenoxy) is 1.